The number of hydrogen-bond donors (Lipinski definition) is 3. The fourth-order valence-electron chi connectivity index (χ4n) is 3.04. The van der Waals surface area contributed by atoms with Crippen LogP contribution in [0.1, 0.15) is 17.3 Å². The fourth-order valence-corrected chi connectivity index (χ4v) is 3.98. The van der Waals surface area contributed by atoms with Crippen molar-refractivity contribution >= 4 is 46.1 Å². The molecule has 0 saturated carbocycles. The number of thiocarbonyl (C=S) groups is 1. The van der Waals surface area contributed by atoms with Crippen LogP contribution in [0.4, 0.5) is 11.5 Å². The van der Waals surface area contributed by atoms with Gasteiger partial charge in [-0.3, -0.25) is 4.79 Å². The molecule has 0 aliphatic carbocycles. The Hall–Kier alpha value is -3.66. The number of ether oxygens (including phenoxy) is 1. The first-order valence-corrected chi connectivity index (χ1v) is 11.4. The Labute approximate surface area is 200 Å². The van der Waals surface area contributed by atoms with Crippen LogP contribution in [0, 0.1) is 0 Å². The van der Waals surface area contributed by atoms with Crippen molar-refractivity contribution in [1.29, 1.82) is 0 Å². The third-order valence-electron chi connectivity index (χ3n) is 4.63. The zero-order valence-corrected chi connectivity index (χ0v) is 19.1. The van der Waals surface area contributed by atoms with Crippen molar-refractivity contribution < 1.29 is 9.53 Å². The maximum Gasteiger partial charge on any atom is 0.313 e. The number of para-hydroxylation sites is 2. The topological polar surface area (TPSA) is 102 Å². The molecular formula is C24H21N5O2S2. The molecule has 166 valence electrons. The lowest BCUT2D eigenvalue weighted by Gasteiger charge is -2.14. The van der Waals surface area contributed by atoms with Crippen LogP contribution in [0.25, 0.3) is 11.3 Å². The lowest BCUT2D eigenvalue weighted by atomic mass is 10.1. The van der Waals surface area contributed by atoms with Crippen LogP contribution in [0.3, 0.4) is 0 Å². The number of carbonyl (C=O) groups excluding carboxylic acids is 1. The van der Waals surface area contributed by atoms with Gasteiger partial charge in [0.1, 0.15) is 0 Å². The van der Waals surface area contributed by atoms with Crippen LogP contribution in [-0.4, -0.2) is 21.3 Å². The van der Waals surface area contributed by atoms with Crippen LogP contribution in [-0.2, 0) is 4.79 Å². The van der Waals surface area contributed by atoms with Crippen LogP contribution < -0.4 is 21.1 Å². The van der Waals surface area contributed by atoms with E-state index in [4.69, 9.17) is 22.7 Å². The first kappa shape index (κ1) is 22.5. The number of thiophene rings is 1. The van der Waals surface area contributed by atoms with Gasteiger partial charge in [-0.15, -0.1) is 21.5 Å². The third-order valence-corrected chi connectivity index (χ3v) is 5.84. The number of nitrogens with zero attached hydrogens (tertiary/aromatic N) is 2. The Kier molecular flexibility index (Phi) is 7.36. The van der Waals surface area contributed by atoms with Crippen LogP contribution in [0.15, 0.2) is 84.2 Å². The lowest BCUT2D eigenvalue weighted by molar-refractivity contribution is -0.134. The average molecular weight is 476 g/mol. The molecule has 1 atom stereocenters. The molecule has 4 rings (SSSR count). The van der Waals surface area contributed by atoms with Crippen LogP contribution >= 0.6 is 23.6 Å². The number of hydrogen-bond acceptors (Lipinski definition) is 7. The van der Waals surface area contributed by atoms with Crippen molar-refractivity contribution in [2.75, 3.05) is 10.6 Å². The summed E-state index contributed by atoms with van der Waals surface area (Å²) in [6.07, 6.45) is 0.0703. The molecule has 9 heteroatoms. The molecule has 2 aromatic heterocycles. The molecule has 1 unspecified atom stereocenters. The van der Waals surface area contributed by atoms with Gasteiger partial charge in [0.25, 0.3) is 0 Å². The average Bonchev–Trinajstić information content (AvgIpc) is 3.37. The van der Waals surface area contributed by atoms with E-state index in [1.165, 1.54) is 11.3 Å². The Balaban J connectivity index is 1.36. The number of nitrogens with two attached hydrogens (primary N) is 1. The predicted octanol–water partition coefficient (Wildman–Crippen LogP) is 5.01. The number of carbonyl (C=O) groups is 1. The minimum Gasteiger partial charge on any atom is -0.424 e. The van der Waals surface area contributed by atoms with Gasteiger partial charge < -0.3 is 21.1 Å². The molecule has 0 fully saturated rings. The van der Waals surface area contributed by atoms with Crippen LogP contribution in [0.2, 0.25) is 0 Å². The summed E-state index contributed by atoms with van der Waals surface area (Å²) in [7, 11) is 0. The van der Waals surface area contributed by atoms with Crippen molar-refractivity contribution in [3.63, 3.8) is 0 Å². The summed E-state index contributed by atoms with van der Waals surface area (Å²) < 4.78 is 5.54. The van der Waals surface area contributed by atoms with E-state index in [0.717, 1.165) is 16.1 Å². The molecule has 4 N–H and O–H groups in total. The number of anilines is 2. The second kappa shape index (κ2) is 10.8. The Bertz CT molecular complexity index is 1220. The van der Waals surface area contributed by atoms with Gasteiger partial charge >= 0.3 is 5.97 Å². The molecule has 0 aliphatic heterocycles. The number of nitrogens with one attached hydrogen (secondary N) is 2. The predicted molar refractivity (Wildman–Crippen MR) is 135 cm³/mol. The molecule has 0 aliphatic rings. The highest BCUT2D eigenvalue weighted by Crippen LogP contribution is 2.26. The van der Waals surface area contributed by atoms with Gasteiger partial charge in [0.15, 0.2) is 16.7 Å². The van der Waals surface area contributed by atoms with E-state index in [1.807, 2.05) is 60.0 Å². The zero-order valence-electron chi connectivity index (χ0n) is 17.5. The van der Waals surface area contributed by atoms with Gasteiger partial charge in [-0.1, -0.05) is 48.5 Å². The molecule has 33 heavy (non-hydrogen) atoms. The largest absolute Gasteiger partial charge is 0.424 e. The second-order valence-electron chi connectivity index (χ2n) is 7.05. The Morgan fingerprint density at radius 2 is 1.76 bits per heavy atom. The van der Waals surface area contributed by atoms with E-state index in [9.17, 15) is 4.79 Å². The quantitative estimate of drug-likeness (QED) is 0.195. The highest BCUT2D eigenvalue weighted by atomic mass is 32.1. The lowest BCUT2D eigenvalue weighted by Crippen LogP contribution is -2.22. The summed E-state index contributed by atoms with van der Waals surface area (Å²) in [4.78, 5) is 13.3. The molecule has 4 aromatic rings. The van der Waals surface area contributed by atoms with Crippen LogP contribution in [0.5, 0.6) is 5.75 Å². The molecule has 2 heterocycles. The maximum absolute atomic E-state index is 12.4. The van der Waals surface area contributed by atoms with Crippen molar-refractivity contribution in [1.82, 2.24) is 10.2 Å². The van der Waals surface area contributed by atoms with Gasteiger partial charge in [-0.05, 0) is 47.9 Å². The van der Waals surface area contributed by atoms with Gasteiger partial charge in [-0.2, -0.15) is 0 Å². The van der Waals surface area contributed by atoms with E-state index in [1.54, 1.807) is 24.3 Å². The molecule has 0 saturated heterocycles. The van der Waals surface area contributed by atoms with Crippen molar-refractivity contribution in [3.05, 3.63) is 89.1 Å². The number of aromatic nitrogens is 2. The zero-order chi connectivity index (χ0) is 23.0. The van der Waals surface area contributed by atoms with E-state index in [-0.39, 0.29) is 11.5 Å². The van der Waals surface area contributed by atoms with E-state index < -0.39 is 12.0 Å². The number of rotatable bonds is 7. The summed E-state index contributed by atoms with van der Waals surface area (Å²) in [6, 6.07) is 23.9. The summed E-state index contributed by atoms with van der Waals surface area (Å²) in [5, 5.41) is 16.6. The summed E-state index contributed by atoms with van der Waals surface area (Å²) >= 11 is 6.90. The van der Waals surface area contributed by atoms with Crippen molar-refractivity contribution in [2.45, 2.75) is 12.5 Å². The molecule has 0 bridgehead atoms. The molecule has 0 amide bonds. The normalized spacial score (nSPS) is 11.4. The van der Waals surface area contributed by atoms with Gasteiger partial charge in [0.05, 0.1) is 17.8 Å². The minimum absolute atomic E-state index is 0.0703. The molecule has 2 aromatic carbocycles. The van der Waals surface area contributed by atoms with Gasteiger partial charge in [0.2, 0.25) is 0 Å². The first-order valence-electron chi connectivity index (χ1n) is 10.1. The van der Waals surface area contributed by atoms with E-state index >= 15 is 0 Å². The summed E-state index contributed by atoms with van der Waals surface area (Å²) in [5.41, 5.74) is 8.38. The SMILES string of the molecule is NC(CC(=O)Oc1ccccc1NC(=S)Nc1ccc(-c2ccccc2)nn1)c1cccs1. The standard InChI is InChI=1S/C24H21N5O2S2/c25-17(21-11-6-14-33-21)15-23(30)31-20-10-5-4-9-19(20)26-24(32)27-22-13-12-18(28-29-22)16-7-2-1-3-8-16/h1-14,17H,15,25H2,(H2,26,27,29,32). The van der Waals surface area contributed by atoms with E-state index in [0.29, 0.717) is 17.3 Å². The second-order valence-corrected chi connectivity index (χ2v) is 8.43. The highest BCUT2D eigenvalue weighted by Gasteiger charge is 2.16. The van der Waals surface area contributed by atoms with Crippen molar-refractivity contribution in [3.8, 4) is 17.0 Å². The Morgan fingerprint density at radius 3 is 2.48 bits per heavy atom. The van der Waals surface area contributed by atoms with E-state index in [2.05, 4.69) is 20.8 Å². The van der Waals surface area contributed by atoms with Gasteiger partial charge in [-0.25, -0.2) is 0 Å². The number of esters is 1. The smallest absolute Gasteiger partial charge is 0.313 e. The van der Waals surface area contributed by atoms with Gasteiger partial charge in [0, 0.05) is 16.5 Å². The monoisotopic (exact) mass is 475 g/mol. The Morgan fingerprint density at radius 1 is 0.970 bits per heavy atom. The fraction of sp³-hybridized carbons (Fsp3) is 0.0833. The summed E-state index contributed by atoms with van der Waals surface area (Å²) in [5.74, 6) is 0.422. The molecule has 7 nitrogen and oxygen atoms in total. The maximum atomic E-state index is 12.4. The molecule has 0 spiro atoms. The minimum atomic E-state index is -0.425. The first-order chi connectivity index (χ1) is 16.1. The summed E-state index contributed by atoms with van der Waals surface area (Å²) in [6.45, 7) is 0. The number of benzene rings is 2. The molecule has 0 radical (unpaired) electrons. The highest BCUT2D eigenvalue weighted by molar-refractivity contribution is 7.80. The third kappa shape index (κ3) is 6.19. The molecular weight excluding hydrogens is 454 g/mol. The van der Waals surface area contributed by atoms with Crippen molar-refractivity contribution in [2.24, 2.45) is 5.73 Å².